The smallest absolute Gasteiger partial charge is 0.223 e. The molecule has 4 nitrogen and oxygen atoms in total. The number of anilines is 1. The number of hydrazone groups is 1. The second kappa shape index (κ2) is 9.14. The number of hydrogen-bond acceptors (Lipinski definition) is 4. The lowest BCUT2D eigenvalue weighted by Crippen LogP contribution is -2.21. The first-order valence-corrected chi connectivity index (χ1v) is 12.1. The third kappa shape index (κ3) is 4.16. The molecular weight excluding hydrogens is 475 g/mol. The summed E-state index contributed by atoms with van der Waals surface area (Å²) in [6.45, 7) is 0. The van der Waals surface area contributed by atoms with Crippen molar-refractivity contribution in [1.82, 2.24) is 9.97 Å². The molecule has 0 fully saturated rings. The van der Waals surface area contributed by atoms with Gasteiger partial charge in [0.2, 0.25) is 5.95 Å². The molecule has 35 heavy (non-hydrogen) atoms. The van der Waals surface area contributed by atoms with E-state index in [1.807, 2.05) is 96.0 Å². The van der Waals surface area contributed by atoms with E-state index in [-0.39, 0.29) is 6.04 Å². The summed E-state index contributed by atoms with van der Waals surface area (Å²) in [4.78, 5) is 9.96. The SMILES string of the molecule is Clc1ccc2nc(N3N=C(c4ccccc4)C[C@H]3c3ccccc3Cl)nc(-c3ccccc3)c2c1. The van der Waals surface area contributed by atoms with Crippen LogP contribution in [-0.4, -0.2) is 15.7 Å². The van der Waals surface area contributed by atoms with Crippen LogP contribution in [0.4, 0.5) is 5.95 Å². The molecule has 1 aliphatic rings. The summed E-state index contributed by atoms with van der Waals surface area (Å²) in [5, 5.41) is 9.17. The van der Waals surface area contributed by atoms with E-state index < -0.39 is 0 Å². The first-order chi connectivity index (χ1) is 17.2. The van der Waals surface area contributed by atoms with Gasteiger partial charge in [-0.15, -0.1) is 0 Å². The van der Waals surface area contributed by atoms with Crippen LogP contribution in [-0.2, 0) is 0 Å². The van der Waals surface area contributed by atoms with Gasteiger partial charge in [-0.25, -0.2) is 15.0 Å². The minimum absolute atomic E-state index is 0.132. The largest absolute Gasteiger partial charge is 0.247 e. The highest BCUT2D eigenvalue weighted by Gasteiger charge is 2.33. The molecule has 0 N–H and O–H groups in total. The van der Waals surface area contributed by atoms with E-state index in [1.54, 1.807) is 0 Å². The highest BCUT2D eigenvalue weighted by Crippen LogP contribution is 2.40. The monoisotopic (exact) mass is 494 g/mol. The molecule has 2 heterocycles. The average molecular weight is 495 g/mol. The molecule has 1 atom stereocenters. The number of rotatable bonds is 4. The van der Waals surface area contributed by atoms with Crippen LogP contribution >= 0.6 is 23.2 Å². The van der Waals surface area contributed by atoms with Crippen LogP contribution in [0.15, 0.2) is 108 Å². The zero-order valence-corrected chi connectivity index (χ0v) is 20.2. The Bertz CT molecular complexity index is 1550. The number of benzene rings is 4. The third-order valence-corrected chi connectivity index (χ3v) is 6.76. The highest BCUT2D eigenvalue weighted by molar-refractivity contribution is 6.31. The van der Waals surface area contributed by atoms with E-state index >= 15 is 0 Å². The summed E-state index contributed by atoms with van der Waals surface area (Å²) in [6.07, 6.45) is 0.691. The maximum atomic E-state index is 6.66. The van der Waals surface area contributed by atoms with Gasteiger partial charge in [-0.2, -0.15) is 5.10 Å². The van der Waals surface area contributed by atoms with Crippen LogP contribution in [0.2, 0.25) is 10.0 Å². The van der Waals surface area contributed by atoms with Crippen LogP contribution in [0.5, 0.6) is 0 Å². The molecule has 6 rings (SSSR count). The van der Waals surface area contributed by atoms with Crippen molar-refractivity contribution < 1.29 is 0 Å². The lowest BCUT2D eigenvalue weighted by Gasteiger charge is -2.23. The fourth-order valence-corrected chi connectivity index (χ4v) is 4.93. The molecule has 1 aromatic heterocycles. The Labute approximate surface area is 213 Å². The van der Waals surface area contributed by atoms with Crippen LogP contribution in [0.1, 0.15) is 23.6 Å². The van der Waals surface area contributed by atoms with Gasteiger partial charge in [-0.3, -0.25) is 0 Å². The molecule has 1 aliphatic heterocycles. The van der Waals surface area contributed by atoms with E-state index in [4.69, 9.17) is 38.3 Å². The van der Waals surface area contributed by atoms with Gasteiger partial charge in [0, 0.05) is 27.4 Å². The summed E-state index contributed by atoms with van der Waals surface area (Å²) in [6, 6.07) is 33.7. The van der Waals surface area contributed by atoms with Crippen LogP contribution < -0.4 is 5.01 Å². The standard InChI is InChI=1S/C29H20Cl2N4/c30-21-15-16-25-23(17-21)28(20-11-5-2-6-12-20)33-29(32-25)35-27(22-13-7-8-14-24(22)31)18-26(34-35)19-9-3-1-4-10-19/h1-17,27H,18H2/t27-/m0/s1. The topological polar surface area (TPSA) is 41.4 Å². The van der Waals surface area contributed by atoms with Gasteiger partial charge in [0.25, 0.3) is 0 Å². The van der Waals surface area contributed by atoms with Crippen molar-refractivity contribution in [3.05, 3.63) is 124 Å². The average Bonchev–Trinajstić information content (AvgIpc) is 3.35. The zero-order valence-electron chi connectivity index (χ0n) is 18.6. The maximum absolute atomic E-state index is 6.66. The van der Waals surface area contributed by atoms with E-state index in [0.29, 0.717) is 22.4 Å². The van der Waals surface area contributed by atoms with Crippen molar-refractivity contribution in [2.24, 2.45) is 5.10 Å². The van der Waals surface area contributed by atoms with Crippen molar-refractivity contribution >= 4 is 45.8 Å². The number of halogens is 2. The minimum Gasteiger partial charge on any atom is -0.223 e. The number of nitrogens with zero attached hydrogens (tertiary/aromatic N) is 4. The molecule has 0 radical (unpaired) electrons. The molecule has 6 heteroatoms. The Morgan fingerprint density at radius 1 is 0.714 bits per heavy atom. The van der Waals surface area contributed by atoms with Gasteiger partial charge in [-0.05, 0) is 35.4 Å². The van der Waals surface area contributed by atoms with E-state index in [0.717, 1.165) is 39.0 Å². The fraction of sp³-hybridized carbons (Fsp3) is 0.0690. The van der Waals surface area contributed by atoms with E-state index in [2.05, 4.69) is 12.1 Å². The van der Waals surface area contributed by atoms with E-state index in [9.17, 15) is 0 Å². The van der Waals surface area contributed by atoms with Crippen LogP contribution in [0, 0.1) is 0 Å². The van der Waals surface area contributed by atoms with Crippen molar-refractivity contribution in [3.63, 3.8) is 0 Å². The lowest BCUT2D eigenvalue weighted by molar-refractivity contribution is 0.689. The van der Waals surface area contributed by atoms with Gasteiger partial charge in [0.05, 0.1) is 23.0 Å². The highest BCUT2D eigenvalue weighted by atomic mass is 35.5. The summed E-state index contributed by atoms with van der Waals surface area (Å²) in [5.74, 6) is 0.523. The van der Waals surface area contributed by atoms with Gasteiger partial charge >= 0.3 is 0 Å². The fourth-order valence-electron chi connectivity index (χ4n) is 4.49. The number of fused-ring (bicyclic) bond motifs is 1. The normalized spacial score (nSPS) is 15.4. The summed E-state index contributed by atoms with van der Waals surface area (Å²) < 4.78 is 0. The Morgan fingerprint density at radius 3 is 2.14 bits per heavy atom. The van der Waals surface area contributed by atoms with Gasteiger partial charge < -0.3 is 0 Å². The van der Waals surface area contributed by atoms with Gasteiger partial charge in [0.15, 0.2) is 0 Å². The molecule has 0 amide bonds. The number of hydrogen-bond donors (Lipinski definition) is 0. The van der Waals surface area contributed by atoms with Crippen LogP contribution in [0.3, 0.4) is 0 Å². The van der Waals surface area contributed by atoms with Crippen LogP contribution in [0.25, 0.3) is 22.2 Å². The van der Waals surface area contributed by atoms with Crippen molar-refractivity contribution in [2.45, 2.75) is 12.5 Å². The molecule has 0 aliphatic carbocycles. The van der Waals surface area contributed by atoms with Crippen molar-refractivity contribution in [2.75, 3.05) is 5.01 Å². The van der Waals surface area contributed by atoms with Crippen molar-refractivity contribution in [1.29, 1.82) is 0 Å². The molecule has 0 unspecified atom stereocenters. The van der Waals surface area contributed by atoms with Gasteiger partial charge in [-0.1, -0.05) is 102 Å². The maximum Gasteiger partial charge on any atom is 0.247 e. The number of aromatic nitrogens is 2. The molecule has 5 aromatic rings. The van der Waals surface area contributed by atoms with E-state index in [1.165, 1.54) is 0 Å². The second-order valence-electron chi connectivity index (χ2n) is 8.40. The summed E-state index contributed by atoms with van der Waals surface area (Å²) in [7, 11) is 0. The Kier molecular flexibility index (Phi) is 5.69. The molecule has 170 valence electrons. The second-order valence-corrected chi connectivity index (χ2v) is 9.24. The first-order valence-electron chi connectivity index (χ1n) is 11.4. The Balaban J connectivity index is 1.56. The summed E-state index contributed by atoms with van der Waals surface area (Å²) >= 11 is 13.0. The molecule has 4 aromatic carbocycles. The third-order valence-electron chi connectivity index (χ3n) is 6.18. The lowest BCUT2D eigenvalue weighted by atomic mass is 9.98. The molecule has 0 spiro atoms. The zero-order chi connectivity index (χ0) is 23.8. The predicted octanol–water partition coefficient (Wildman–Crippen LogP) is 7.96. The summed E-state index contributed by atoms with van der Waals surface area (Å²) in [5.41, 5.74) is 5.64. The molecule has 0 bridgehead atoms. The van der Waals surface area contributed by atoms with Gasteiger partial charge in [0.1, 0.15) is 0 Å². The molecule has 0 saturated heterocycles. The quantitative estimate of drug-likeness (QED) is 0.254. The molecular formula is C29H20Cl2N4. The Morgan fingerprint density at radius 2 is 1.40 bits per heavy atom. The first kappa shape index (κ1) is 21.8. The minimum atomic E-state index is -0.132. The Hall–Kier alpha value is -3.73. The predicted molar refractivity (Wildman–Crippen MR) is 144 cm³/mol. The van der Waals surface area contributed by atoms with Crippen molar-refractivity contribution in [3.8, 4) is 11.3 Å². The molecule has 0 saturated carbocycles.